The molecule has 2 aromatic rings. The summed E-state index contributed by atoms with van der Waals surface area (Å²) in [5, 5.41) is 10.0. The Morgan fingerprint density at radius 1 is 1.07 bits per heavy atom. The van der Waals surface area contributed by atoms with E-state index in [2.05, 4.69) is 11.2 Å². The third-order valence-corrected chi connectivity index (χ3v) is 5.39. The normalized spacial score (nSPS) is 22.6. The highest BCUT2D eigenvalue weighted by Gasteiger charge is 2.47. The van der Waals surface area contributed by atoms with Gasteiger partial charge >= 0.3 is 0 Å². The van der Waals surface area contributed by atoms with Gasteiger partial charge in [-0.1, -0.05) is 18.2 Å². The lowest BCUT2D eigenvalue weighted by Crippen LogP contribution is -2.57. The Kier molecular flexibility index (Phi) is 5.04. The number of benzene rings is 1. The Morgan fingerprint density at radius 3 is 2.54 bits per heavy atom. The number of carbonyl (C=O) groups is 2. The quantitative estimate of drug-likeness (QED) is 0.372. The van der Waals surface area contributed by atoms with E-state index in [4.69, 9.17) is 10.1 Å². The van der Waals surface area contributed by atoms with E-state index in [1.807, 2.05) is 42.5 Å². The molecule has 2 N–H and O–H groups in total. The van der Waals surface area contributed by atoms with Crippen LogP contribution in [0.2, 0.25) is 0 Å². The van der Waals surface area contributed by atoms with Gasteiger partial charge in [0.05, 0.1) is 17.6 Å². The molecule has 2 fully saturated rings. The van der Waals surface area contributed by atoms with Crippen molar-refractivity contribution >= 4 is 17.7 Å². The van der Waals surface area contributed by atoms with Gasteiger partial charge in [-0.05, 0) is 49.2 Å². The van der Waals surface area contributed by atoms with Crippen molar-refractivity contribution in [2.45, 2.75) is 43.7 Å². The molecule has 2 heterocycles. The van der Waals surface area contributed by atoms with E-state index in [1.165, 1.54) is 12.8 Å². The topological polar surface area (TPSA) is 83.1 Å². The number of piperidine rings is 1. The molecule has 1 aromatic heterocycles. The average molecular weight is 376 g/mol. The summed E-state index contributed by atoms with van der Waals surface area (Å²) >= 11 is 0. The van der Waals surface area contributed by atoms with Gasteiger partial charge in [0.15, 0.2) is 12.4 Å². The minimum Gasteiger partial charge on any atom is -0.490 e. The van der Waals surface area contributed by atoms with Crippen LogP contribution in [-0.2, 0) is 9.59 Å². The SMILES string of the molecule is N=C=C1C(=O)NC(=O)[C@H]([n+]2ccccc2)[C@H]1c1cccc(OC2CCCC2)c1. The lowest BCUT2D eigenvalue weighted by atomic mass is 9.81. The first-order valence-electron chi connectivity index (χ1n) is 9.54. The van der Waals surface area contributed by atoms with E-state index < -0.39 is 23.8 Å². The number of amides is 2. The molecule has 1 saturated carbocycles. The average Bonchev–Trinajstić information content (AvgIpc) is 3.21. The van der Waals surface area contributed by atoms with Crippen LogP contribution < -0.4 is 14.6 Å². The maximum atomic E-state index is 12.7. The first-order valence-corrected chi connectivity index (χ1v) is 9.54. The van der Waals surface area contributed by atoms with Crippen molar-refractivity contribution in [3.05, 3.63) is 66.0 Å². The molecule has 0 spiro atoms. The highest BCUT2D eigenvalue weighted by Crippen LogP contribution is 2.36. The third kappa shape index (κ3) is 3.47. The zero-order chi connectivity index (χ0) is 19.5. The Bertz CT molecular complexity index is 945. The number of nitrogens with one attached hydrogen (secondary N) is 2. The number of hydrogen-bond acceptors (Lipinski definition) is 4. The summed E-state index contributed by atoms with van der Waals surface area (Å²) in [5.74, 6) is 1.41. The summed E-state index contributed by atoms with van der Waals surface area (Å²) in [7, 11) is 0. The number of nitrogens with zero attached hydrogens (tertiary/aromatic N) is 1. The van der Waals surface area contributed by atoms with Crippen LogP contribution in [-0.4, -0.2) is 23.8 Å². The van der Waals surface area contributed by atoms with Crippen LogP contribution in [0.4, 0.5) is 0 Å². The van der Waals surface area contributed by atoms with Gasteiger partial charge in [0.1, 0.15) is 5.75 Å². The monoisotopic (exact) mass is 376 g/mol. The van der Waals surface area contributed by atoms with Crippen LogP contribution in [0.25, 0.3) is 0 Å². The molecule has 6 heteroatoms. The molecule has 2 amide bonds. The summed E-state index contributed by atoms with van der Waals surface area (Å²) in [5.41, 5.74) is 0.897. The van der Waals surface area contributed by atoms with Crippen molar-refractivity contribution in [2.75, 3.05) is 0 Å². The second kappa shape index (κ2) is 7.79. The van der Waals surface area contributed by atoms with Crippen LogP contribution in [0.1, 0.15) is 43.2 Å². The van der Waals surface area contributed by atoms with E-state index in [9.17, 15) is 9.59 Å². The van der Waals surface area contributed by atoms with Crippen LogP contribution in [0.3, 0.4) is 0 Å². The van der Waals surface area contributed by atoms with Gasteiger partial charge in [0.25, 0.3) is 11.8 Å². The molecule has 1 saturated heterocycles. The summed E-state index contributed by atoms with van der Waals surface area (Å²) in [6.07, 6.45) is 8.22. The van der Waals surface area contributed by atoms with Gasteiger partial charge < -0.3 is 4.74 Å². The van der Waals surface area contributed by atoms with Gasteiger partial charge in [-0.15, -0.1) is 0 Å². The molecule has 0 unspecified atom stereocenters. The van der Waals surface area contributed by atoms with Crippen LogP contribution in [0, 0.1) is 5.41 Å². The molecular weight excluding hydrogens is 354 g/mol. The Morgan fingerprint density at radius 2 is 1.82 bits per heavy atom. The van der Waals surface area contributed by atoms with Gasteiger partial charge in [-0.3, -0.25) is 20.3 Å². The third-order valence-electron chi connectivity index (χ3n) is 5.39. The molecule has 6 nitrogen and oxygen atoms in total. The molecule has 4 rings (SSSR count). The molecule has 0 radical (unpaired) electrons. The molecule has 1 aliphatic heterocycles. The van der Waals surface area contributed by atoms with E-state index in [0.29, 0.717) is 0 Å². The predicted molar refractivity (Wildman–Crippen MR) is 102 cm³/mol. The Labute approximate surface area is 163 Å². The predicted octanol–water partition coefficient (Wildman–Crippen LogP) is 2.45. The number of hydrogen-bond donors (Lipinski definition) is 2. The fraction of sp³-hybridized carbons (Fsp3) is 0.318. The molecular formula is C22H22N3O3+. The van der Waals surface area contributed by atoms with Crippen molar-refractivity contribution in [3.8, 4) is 5.75 Å². The summed E-state index contributed by atoms with van der Waals surface area (Å²) in [6.45, 7) is 0. The maximum absolute atomic E-state index is 12.7. The number of pyridine rings is 1. The molecule has 1 aliphatic carbocycles. The second-order valence-electron chi connectivity index (χ2n) is 7.20. The number of imide groups is 1. The van der Waals surface area contributed by atoms with Crippen molar-refractivity contribution in [3.63, 3.8) is 0 Å². The minimum absolute atomic E-state index is 0.138. The Hall–Kier alpha value is -3.24. The second-order valence-corrected chi connectivity index (χ2v) is 7.20. The van der Waals surface area contributed by atoms with Crippen LogP contribution in [0.15, 0.2) is 60.4 Å². The van der Waals surface area contributed by atoms with E-state index in [-0.39, 0.29) is 11.7 Å². The number of ether oxygens (including phenoxy) is 1. The Balaban J connectivity index is 1.75. The minimum atomic E-state index is -0.687. The maximum Gasteiger partial charge on any atom is 0.296 e. The molecule has 142 valence electrons. The van der Waals surface area contributed by atoms with Crippen molar-refractivity contribution in [2.24, 2.45) is 0 Å². The summed E-state index contributed by atoms with van der Waals surface area (Å²) in [6, 6.07) is 12.3. The summed E-state index contributed by atoms with van der Waals surface area (Å²) in [4.78, 5) is 25.1. The van der Waals surface area contributed by atoms with Gasteiger partial charge in [-0.2, -0.15) is 4.57 Å². The molecule has 0 bridgehead atoms. The molecule has 2 atom stereocenters. The largest absolute Gasteiger partial charge is 0.490 e. The standard InChI is InChI=1S/C22H21N3O3/c23-14-18-19(15-7-6-10-17(13-15)28-16-8-2-3-9-16)20(22(27)24-21(18)26)25-11-4-1-5-12-25/h1,4-7,10-13,16,19-20,23H,2-3,8-9H2/p+1/t19-,20+/m0/s1. The first kappa shape index (κ1) is 18.1. The highest BCUT2D eigenvalue weighted by atomic mass is 16.5. The lowest BCUT2D eigenvalue weighted by Gasteiger charge is -2.27. The number of rotatable bonds is 4. The number of aromatic nitrogens is 1. The van der Waals surface area contributed by atoms with E-state index in [0.717, 1.165) is 24.2 Å². The first-order chi connectivity index (χ1) is 13.7. The van der Waals surface area contributed by atoms with Gasteiger partial charge in [0.2, 0.25) is 6.04 Å². The fourth-order valence-electron chi connectivity index (χ4n) is 4.07. The van der Waals surface area contributed by atoms with Crippen LogP contribution in [0.5, 0.6) is 5.75 Å². The van der Waals surface area contributed by atoms with Gasteiger partial charge in [0, 0.05) is 12.1 Å². The molecule has 2 aliphatic rings. The van der Waals surface area contributed by atoms with Gasteiger partial charge in [-0.25, -0.2) is 0 Å². The smallest absolute Gasteiger partial charge is 0.296 e. The summed E-state index contributed by atoms with van der Waals surface area (Å²) < 4.78 is 7.86. The fourth-order valence-corrected chi connectivity index (χ4v) is 4.07. The lowest BCUT2D eigenvalue weighted by molar-refractivity contribution is -0.711. The van der Waals surface area contributed by atoms with E-state index in [1.54, 1.807) is 17.0 Å². The van der Waals surface area contributed by atoms with Crippen molar-refractivity contribution < 1.29 is 18.9 Å². The van der Waals surface area contributed by atoms with Crippen molar-refractivity contribution in [1.82, 2.24) is 5.32 Å². The van der Waals surface area contributed by atoms with Crippen LogP contribution >= 0.6 is 0 Å². The molecule has 1 aromatic carbocycles. The molecule has 28 heavy (non-hydrogen) atoms. The van der Waals surface area contributed by atoms with E-state index >= 15 is 0 Å². The highest BCUT2D eigenvalue weighted by molar-refractivity contribution is 6.13. The zero-order valence-electron chi connectivity index (χ0n) is 15.4. The zero-order valence-corrected chi connectivity index (χ0v) is 15.4. The van der Waals surface area contributed by atoms with Crippen molar-refractivity contribution in [1.29, 1.82) is 5.41 Å². The number of carbonyl (C=O) groups excluding carboxylic acids is 2.